The Morgan fingerprint density at radius 1 is 1.24 bits per heavy atom. The fourth-order valence-electron chi connectivity index (χ4n) is 2.51. The van der Waals surface area contributed by atoms with Crippen LogP contribution in [0.1, 0.15) is 31.2 Å². The highest BCUT2D eigenvalue weighted by Gasteiger charge is 2.14. The molecule has 0 N–H and O–H groups in total. The van der Waals surface area contributed by atoms with E-state index in [4.69, 9.17) is 20.9 Å². The SMILES string of the molecule is Clc1ccc(-c2nocc2COC2CC=CCCC2)cc1. The van der Waals surface area contributed by atoms with Crippen molar-refractivity contribution in [3.05, 3.63) is 53.3 Å². The number of nitrogens with zero attached hydrogens (tertiary/aromatic N) is 1. The van der Waals surface area contributed by atoms with E-state index in [1.807, 2.05) is 24.3 Å². The van der Waals surface area contributed by atoms with Crippen LogP contribution in [0.5, 0.6) is 0 Å². The lowest BCUT2D eigenvalue weighted by Crippen LogP contribution is -2.11. The van der Waals surface area contributed by atoms with Gasteiger partial charge >= 0.3 is 0 Å². The van der Waals surface area contributed by atoms with Crippen molar-refractivity contribution in [2.45, 2.75) is 38.4 Å². The van der Waals surface area contributed by atoms with Crippen LogP contribution >= 0.6 is 11.6 Å². The molecule has 3 nitrogen and oxygen atoms in total. The van der Waals surface area contributed by atoms with Crippen LogP contribution in [-0.4, -0.2) is 11.3 Å². The van der Waals surface area contributed by atoms with Gasteiger partial charge in [-0.15, -0.1) is 0 Å². The Balaban J connectivity index is 1.68. The van der Waals surface area contributed by atoms with Crippen molar-refractivity contribution < 1.29 is 9.26 Å². The van der Waals surface area contributed by atoms with Gasteiger partial charge in [0.2, 0.25) is 0 Å². The van der Waals surface area contributed by atoms with Crippen molar-refractivity contribution in [2.24, 2.45) is 0 Å². The van der Waals surface area contributed by atoms with Gasteiger partial charge in [-0.25, -0.2) is 0 Å². The van der Waals surface area contributed by atoms with Crippen LogP contribution in [-0.2, 0) is 11.3 Å². The van der Waals surface area contributed by atoms with Crippen LogP contribution in [0.4, 0.5) is 0 Å². The summed E-state index contributed by atoms with van der Waals surface area (Å²) in [6.07, 6.45) is 10.8. The molecule has 1 aromatic carbocycles. The molecule has 1 atom stereocenters. The van der Waals surface area contributed by atoms with Gasteiger partial charge in [0.15, 0.2) is 0 Å². The van der Waals surface area contributed by atoms with Gasteiger partial charge in [0.05, 0.1) is 12.7 Å². The van der Waals surface area contributed by atoms with Crippen LogP contribution in [0, 0.1) is 0 Å². The fraction of sp³-hybridized carbons (Fsp3) is 0.353. The molecule has 2 aromatic rings. The summed E-state index contributed by atoms with van der Waals surface area (Å²) < 4.78 is 11.1. The van der Waals surface area contributed by atoms with E-state index < -0.39 is 0 Å². The van der Waals surface area contributed by atoms with Gasteiger partial charge < -0.3 is 9.26 Å². The molecule has 1 aliphatic carbocycles. The summed E-state index contributed by atoms with van der Waals surface area (Å²) in [6, 6.07) is 7.59. The molecule has 21 heavy (non-hydrogen) atoms. The molecule has 0 saturated carbocycles. The lowest BCUT2D eigenvalue weighted by atomic mass is 10.1. The third-order valence-electron chi connectivity index (χ3n) is 3.70. The van der Waals surface area contributed by atoms with Crippen molar-refractivity contribution in [1.29, 1.82) is 0 Å². The molecule has 110 valence electrons. The molecule has 3 rings (SSSR count). The first-order valence-corrected chi connectivity index (χ1v) is 7.66. The Morgan fingerprint density at radius 2 is 2.10 bits per heavy atom. The van der Waals surface area contributed by atoms with Gasteiger partial charge in [-0.1, -0.05) is 41.0 Å². The molecule has 0 fully saturated rings. The average Bonchev–Trinajstić information content (AvgIpc) is 2.81. The second-order valence-electron chi connectivity index (χ2n) is 5.27. The van der Waals surface area contributed by atoms with Gasteiger partial charge in [-0.3, -0.25) is 0 Å². The molecule has 0 radical (unpaired) electrons. The van der Waals surface area contributed by atoms with E-state index in [1.54, 1.807) is 6.26 Å². The van der Waals surface area contributed by atoms with E-state index in [0.29, 0.717) is 11.6 Å². The first-order valence-electron chi connectivity index (χ1n) is 7.29. The average molecular weight is 304 g/mol. The van der Waals surface area contributed by atoms with Crippen LogP contribution in [0.25, 0.3) is 11.3 Å². The van der Waals surface area contributed by atoms with E-state index in [2.05, 4.69) is 17.3 Å². The van der Waals surface area contributed by atoms with Gasteiger partial charge in [0.25, 0.3) is 0 Å². The lowest BCUT2D eigenvalue weighted by molar-refractivity contribution is 0.0371. The molecule has 1 aromatic heterocycles. The number of hydrogen-bond acceptors (Lipinski definition) is 3. The lowest BCUT2D eigenvalue weighted by Gasteiger charge is -2.14. The third kappa shape index (κ3) is 3.74. The minimum atomic E-state index is 0.289. The maximum absolute atomic E-state index is 6.02. The molecule has 0 bridgehead atoms. The summed E-state index contributed by atoms with van der Waals surface area (Å²) in [7, 11) is 0. The molecule has 0 spiro atoms. The standard InChI is InChI=1S/C17H18ClNO2/c18-15-9-7-13(8-10-15)17-14(12-21-19-17)11-20-16-5-3-1-2-4-6-16/h1,3,7-10,12,16H,2,4-6,11H2. The largest absolute Gasteiger partial charge is 0.373 e. The predicted octanol–water partition coefficient (Wildman–Crippen LogP) is 5.01. The van der Waals surface area contributed by atoms with E-state index in [1.165, 1.54) is 6.42 Å². The smallest absolute Gasteiger partial charge is 0.129 e. The Morgan fingerprint density at radius 3 is 2.95 bits per heavy atom. The summed E-state index contributed by atoms with van der Waals surface area (Å²) in [5, 5.41) is 4.80. The molecular weight excluding hydrogens is 286 g/mol. The Labute approximate surface area is 129 Å². The molecule has 1 heterocycles. The highest BCUT2D eigenvalue weighted by molar-refractivity contribution is 6.30. The summed E-state index contributed by atoms with van der Waals surface area (Å²) in [6.45, 7) is 0.528. The summed E-state index contributed by atoms with van der Waals surface area (Å²) in [5.74, 6) is 0. The number of hydrogen-bond donors (Lipinski definition) is 0. The van der Waals surface area contributed by atoms with E-state index >= 15 is 0 Å². The first-order chi connectivity index (χ1) is 10.3. The second-order valence-corrected chi connectivity index (χ2v) is 5.70. The zero-order valence-electron chi connectivity index (χ0n) is 11.8. The molecule has 4 heteroatoms. The number of halogens is 1. The Bertz CT molecular complexity index is 604. The molecule has 1 aliphatic rings. The van der Waals surface area contributed by atoms with Crippen LogP contribution in [0.3, 0.4) is 0 Å². The Hall–Kier alpha value is -1.58. The van der Waals surface area contributed by atoms with Crippen molar-refractivity contribution in [3.8, 4) is 11.3 Å². The highest BCUT2D eigenvalue weighted by atomic mass is 35.5. The maximum Gasteiger partial charge on any atom is 0.129 e. The zero-order chi connectivity index (χ0) is 14.5. The fourth-order valence-corrected chi connectivity index (χ4v) is 2.64. The van der Waals surface area contributed by atoms with Crippen LogP contribution in [0.15, 0.2) is 47.2 Å². The van der Waals surface area contributed by atoms with Gasteiger partial charge in [-0.05, 0) is 37.8 Å². The number of benzene rings is 1. The monoisotopic (exact) mass is 303 g/mol. The Kier molecular flexibility index (Phi) is 4.73. The van der Waals surface area contributed by atoms with Crippen molar-refractivity contribution in [3.63, 3.8) is 0 Å². The quantitative estimate of drug-likeness (QED) is 0.745. The summed E-state index contributed by atoms with van der Waals surface area (Å²) >= 11 is 5.92. The van der Waals surface area contributed by atoms with Gasteiger partial charge in [-0.2, -0.15) is 0 Å². The predicted molar refractivity (Wildman–Crippen MR) is 83.1 cm³/mol. The number of rotatable bonds is 4. The van der Waals surface area contributed by atoms with Crippen molar-refractivity contribution in [1.82, 2.24) is 5.16 Å². The van der Waals surface area contributed by atoms with Crippen LogP contribution < -0.4 is 0 Å². The highest BCUT2D eigenvalue weighted by Crippen LogP contribution is 2.25. The number of aromatic nitrogens is 1. The maximum atomic E-state index is 6.02. The third-order valence-corrected chi connectivity index (χ3v) is 3.95. The van der Waals surface area contributed by atoms with Gasteiger partial charge in [0.1, 0.15) is 12.0 Å². The molecule has 0 saturated heterocycles. The minimum absolute atomic E-state index is 0.289. The van der Waals surface area contributed by atoms with Gasteiger partial charge in [0, 0.05) is 16.1 Å². The second kappa shape index (κ2) is 6.92. The van der Waals surface area contributed by atoms with Crippen LogP contribution in [0.2, 0.25) is 5.02 Å². The summed E-state index contributed by atoms with van der Waals surface area (Å²) in [5.41, 5.74) is 2.80. The molecule has 1 unspecified atom stereocenters. The van der Waals surface area contributed by atoms with Crippen molar-refractivity contribution >= 4 is 11.6 Å². The minimum Gasteiger partial charge on any atom is -0.373 e. The van der Waals surface area contributed by atoms with E-state index in [9.17, 15) is 0 Å². The molecular formula is C17H18ClNO2. The topological polar surface area (TPSA) is 35.3 Å². The molecule has 0 amide bonds. The van der Waals surface area contributed by atoms with E-state index in [-0.39, 0.29) is 6.10 Å². The van der Waals surface area contributed by atoms with Crippen molar-refractivity contribution in [2.75, 3.05) is 0 Å². The zero-order valence-corrected chi connectivity index (χ0v) is 12.6. The van der Waals surface area contributed by atoms with E-state index in [0.717, 1.165) is 36.1 Å². The number of ether oxygens (including phenoxy) is 1. The normalized spacial score (nSPS) is 18.6. The molecule has 0 aliphatic heterocycles. The summed E-state index contributed by atoms with van der Waals surface area (Å²) in [4.78, 5) is 0. The number of allylic oxidation sites excluding steroid dienone is 1. The first kappa shape index (κ1) is 14.4.